The van der Waals surface area contributed by atoms with Crippen molar-refractivity contribution >= 4 is 17.6 Å². The Morgan fingerprint density at radius 3 is 2.48 bits per heavy atom. The van der Waals surface area contributed by atoms with E-state index < -0.39 is 5.97 Å². The maximum absolute atomic E-state index is 12.7. The summed E-state index contributed by atoms with van der Waals surface area (Å²) < 4.78 is 0. The van der Waals surface area contributed by atoms with Crippen LogP contribution in [0, 0.1) is 13.8 Å². The molecule has 1 aliphatic heterocycles. The molecule has 2 heterocycles. The number of fused-ring (bicyclic) bond motifs is 1. The number of carboxylic acid groups (broad SMARTS) is 1. The van der Waals surface area contributed by atoms with E-state index in [0.29, 0.717) is 6.54 Å². The van der Waals surface area contributed by atoms with Gasteiger partial charge in [0.05, 0.1) is 12.4 Å². The number of carbonyl (C=O) groups is 2. The summed E-state index contributed by atoms with van der Waals surface area (Å²) in [5.74, 6) is -1.41. The van der Waals surface area contributed by atoms with Crippen LogP contribution in [-0.2, 0) is 6.42 Å². The van der Waals surface area contributed by atoms with Crippen molar-refractivity contribution in [3.8, 4) is 0 Å². The van der Waals surface area contributed by atoms with Gasteiger partial charge in [-0.15, -0.1) is 0 Å². The fraction of sp³-hybridized carbons (Fsp3) is 0.294. The van der Waals surface area contributed by atoms with Crippen LogP contribution in [-0.4, -0.2) is 33.5 Å². The molecule has 1 aromatic heterocycles. The lowest BCUT2D eigenvalue weighted by molar-refractivity contribution is 0.0689. The van der Waals surface area contributed by atoms with Crippen LogP contribution in [0.3, 0.4) is 0 Å². The summed E-state index contributed by atoms with van der Waals surface area (Å²) in [7, 11) is 0. The smallest absolute Gasteiger partial charge is 0.356 e. The lowest BCUT2D eigenvalue weighted by Gasteiger charge is -2.30. The van der Waals surface area contributed by atoms with E-state index in [0.717, 1.165) is 30.3 Å². The van der Waals surface area contributed by atoms with Crippen LogP contribution in [0.4, 0.5) is 5.69 Å². The molecule has 0 spiro atoms. The standard InChI is InChI=1S/C17H17N3O3/c1-10-6-11(2)12-4-3-5-20(15(12)7-10)16(21)13-8-19-14(9-18-13)17(22)23/h6-9H,3-5H2,1-2H3,(H,22,23). The molecule has 0 fully saturated rings. The Balaban J connectivity index is 1.97. The molecule has 1 aromatic carbocycles. The number of carboxylic acids is 1. The molecular formula is C17H17N3O3. The Labute approximate surface area is 133 Å². The van der Waals surface area contributed by atoms with E-state index in [1.165, 1.54) is 17.3 Å². The molecule has 6 nitrogen and oxygen atoms in total. The summed E-state index contributed by atoms with van der Waals surface area (Å²) in [6.07, 6.45) is 4.18. The van der Waals surface area contributed by atoms with Crippen molar-refractivity contribution in [3.05, 3.63) is 52.6 Å². The molecule has 0 unspecified atom stereocenters. The maximum atomic E-state index is 12.7. The van der Waals surface area contributed by atoms with Crippen molar-refractivity contribution in [1.29, 1.82) is 0 Å². The second-order valence-electron chi connectivity index (χ2n) is 5.73. The number of aromatic carboxylic acids is 1. The summed E-state index contributed by atoms with van der Waals surface area (Å²) in [5, 5.41) is 8.86. The van der Waals surface area contributed by atoms with Crippen LogP contribution in [0.15, 0.2) is 24.5 Å². The van der Waals surface area contributed by atoms with E-state index in [4.69, 9.17) is 5.11 Å². The number of nitrogens with zero attached hydrogens (tertiary/aromatic N) is 3. The Bertz CT molecular complexity index is 784. The highest BCUT2D eigenvalue weighted by atomic mass is 16.4. The Morgan fingerprint density at radius 2 is 1.83 bits per heavy atom. The first-order valence-corrected chi connectivity index (χ1v) is 7.44. The highest BCUT2D eigenvalue weighted by Gasteiger charge is 2.26. The van der Waals surface area contributed by atoms with Crippen molar-refractivity contribution in [3.63, 3.8) is 0 Å². The van der Waals surface area contributed by atoms with Gasteiger partial charge in [-0.05, 0) is 49.4 Å². The molecule has 1 N–H and O–H groups in total. The van der Waals surface area contributed by atoms with E-state index >= 15 is 0 Å². The SMILES string of the molecule is Cc1cc(C)c2c(c1)N(C(=O)c1cnc(C(=O)O)cn1)CCC2. The van der Waals surface area contributed by atoms with Crippen molar-refractivity contribution in [2.75, 3.05) is 11.4 Å². The second kappa shape index (κ2) is 5.79. The van der Waals surface area contributed by atoms with E-state index in [-0.39, 0.29) is 17.3 Å². The molecule has 2 aromatic rings. The number of aromatic nitrogens is 2. The predicted octanol–water partition coefficient (Wildman–Crippen LogP) is 2.38. The number of aryl methyl sites for hydroxylation is 2. The van der Waals surface area contributed by atoms with Crippen LogP contribution in [0.2, 0.25) is 0 Å². The number of benzene rings is 1. The highest BCUT2D eigenvalue weighted by Crippen LogP contribution is 2.31. The Kier molecular flexibility index (Phi) is 3.82. The Hall–Kier alpha value is -2.76. The van der Waals surface area contributed by atoms with E-state index in [9.17, 15) is 9.59 Å². The first-order chi connectivity index (χ1) is 11.0. The Morgan fingerprint density at radius 1 is 1.13 bits per heavy atom. The van der Waals surface area contributed by atoms with Gasteiger partial charge in [0.15, 0.2) is 5.69 Å². The fourth-order valence-electron chi connectivity index (χ4n) is 2.97. The van der Waals surface area contributed by atoms with Gasteiger partial charge in [0.2, 0.25) is 0 Å². The third-order valence-electron chi connectivity index (χ3n) is 4.03. The van der Waals surface area contributed by atoms with Crippen LogP contribution in [0.1, 0.15) is 44.1 Å². The van der Waals surface area contributed by atoms with Crippen molar-refractivity contribution in [2.45, 2.75) is 26.7 Å². The molecule has 0 atom stereocenters. The number of anilines is 1. The van der Waals surface area contributed by atoms with Gasteiger partial charge in [0, 0.05) is 12.2 Å². The molecule has 6 heteroatoms. The lowest BCUT2D eigenvalue weighted by atomic mass is 9.95. The van der Waals surface area contributed by atoms with Crippen LogP contribution < -0.4 is 4.90 Å². The van der Waals surface area contributed by atoms with Crippen LogP contribution >= 0.6 is 0 Å². The normalized spacial score (nSPS) is 13.6. The minimum atomic E-state index is -1.16. The zero-order chi connectivity index (χ0) is 16.6. The molecule has 1 aliphatic rings. The molecule has 0 saturated heterocycles. The monoisotopic (exact) mass is 311 g/mol. The van der Waals surface area contributed by atoms with Gasteiger partial charge in [-0.2, -0.15) is 0 Å². The predicted molar refractivity (Wildman–Crippen MR) is 84.9 cm³/mol. The van der Waals surface area contributed by atoms with E-state index in [1.807, 2.05) is 13.0 Å². The highest BCUT2D eigenvalue weighted by molar-refractivity contribution is 6.05. The van der Waals surface area contributed by atoms with Crippen molar-refractivity contribution in [1.82, 2.24) is 9.97 Å². The first kappa shape index (κ1) is 15.1. The lowest BCUT2D eigenvalue weighted by Crippen LogP contribution is -2.36. The number of carbonyl (C=O) groups excluding carboxylic acids is 1. The minimum Gasteiger partial charge on any atom is -0.476 e. The van der Waals surface area contributed by atoms with Gasteiger partial charge < -0.3 is 10.0 Å². The average molecular weight is 311 g/mol. The van der Waals surface area contributed by atoms with Gasteiger partial charge in [0.25, 0.3) is 5.91 Å². The van der Waals surface area contributed by atoms with Gasteiger partial charge in [-0.3, -0.25) is 4.79 Å². The maximum Gasteiger partial charge on any atom is 0.356 e. The number of amides is 1. The van der Waals surface area contributed by atoms with Gasteiger partial charge >= 0.3 is 5.97 Å². The quantitative estimate of drug-likeness (QED) is 0.920. The number of rotatable bonds is 2. The van der Waals surface area contributed by atoms with Crippen LogP contribution in [0.25, 0.3) is 0 Å². The zero-order valence-corrected chi connectivity index (χ0v) is 13.0. The molecule has 3 rings (SSSR count). The van der Waals surface area contributed by atoms with Gasteiger partial charge in [0.1, 0.15) is 5.69 Å². The summed E-state index contributed by atoms with van der Waals surface area (Å²) >= 11 is 0. The molecule has 1 amide bonds. The third-order valence-corrected chi connectivity index (χ3v) is 4.03. The van der Waals surface area contributed by atoms with Gasteiger partial charge in [-0.1, -0.05) is 6.07 Å². The molecule has 0 aliphatic carbocycles. The summed E-state index contributed by atoms with van der Waals surface area (Å²) in [4.78, 5) is 33.0. The number of hydrogen-bond acceptors (Lipinski definition) is 4. The zero-order valence-electron chi connectivity index (χ0n) is 13.0. The van der Waals surface area contributed by atoms with Gasteiger partial charge in [-0.25, -0.2) is 14.8 Å². The molecule has 0 bridgehead atoms. The summed E-state index contributed by atoms with van der Waals surface area (Å²) in [6.45, 7) is 4.68. The summed E-state index contributed by atoms with van der Waals surface area (Å²) in [6, 6.07) is 4.13. The molecule has 118 valence electrons. The number of hydrogen-bond donors (Lipinski definition) is 1. The van der Waals surface area contributed by atoms with Crippen molar-refractivity contribution in [2.24, 2.45) is 0 Å². The minimum absolute atomic E-state index is 0.155. The van der Waals surface area contributed by atoms with Crippen LogP contribution in [0.5, 0.6) is 0 Å². The molecule has 0 saturated carbocycles. The third kappa shape index (κ3) is 2.79. The fourth-order valence-corrected chi connectivity index (χ4v) is 2.97. The average Bonchev–Trinajstić information content (AvgIpc) is 2.53. The van der Waals surface area contributed by atoms with E-state index in [1.54, 1.807) is 4.90 Å². The summed E-state index contributed by atoms with van der Waals surface area (Å²) in [5.41, 5.74) is 4.38. The first-order valence-electron chi connectivity index (χ1n) is 7.44. The molecule has 0 radical (unpaired) electrons. The largest absolute Gasteiger partial charge is 0.476 e. The topological polar surface area (TPSA) is 83.4 Å². The van der Waals surface area contributed by atoms with E-state index in [2.05, 4.69) is 23.0 Å². The molecular weight excluding hydrogens is 294 g/mol. The van der Waals surface area contributed by atoms with Crippen molar-refractivity contribution < 1.29 is 14.7 Å². The second-order valence-corrected chi connectivity index (χ2v) is 5.73. The molecule has 23 heavy (non-hydrogen) atoms.